The molecule has 2 rings (SSSR count). The molecule has 0 aromatic carbocycles. The van der Waals surface area contributed by atoms with Crippen molar-refractivity contribution in [3.05, 3.63) is 36.5 Å². The molecule has 0 saturated carbocycles. The number of nitrogens with zero attached hydrogens (tertiary/aromatic N) is 2. The smallest absolute Gasteiger partial charge is 0.194 e. The van der Waals surface area contributed by atoms with Crippen molar-refractivity contribution in [3.63, 3.8) is 0 Å². The predicted molar refractivity (Wildman–Crippen MR) is 51.8 cm³/mol. The monoisotopic (exact) mass is 187 g/mol. The van der Waals surface area contributed by atoms with Gasteiger partial charge in [0, 0.05) is 24.9 Å². The Labute approximate surface area is 81.0 Å². The third-order valence-electron chi connectivity index (χ3n) is 1.90. The number of carbonyl (C=O) groups is 1. The Morgan fingerprint density at radius 3 is 2.64 bits per heavy atom. The lowest BCUT2D eigenvalue weighted by Gasteiger charge is -1.94. The summed E-state index contributed by atoms with van der Waals surface area (Å²) in [6.07, 6.45) is 5.04. The summed E-state index contributed by atoms with van der Waals surface area (Å²) in [4.78, 5) is 21.8. The van der Waals surface area contributed by atoms with Gasteiger partial charge in [0.25, 0.3) is 0 Å². The highest BCUT2D eigenvalue weighted by Gasteiger charge is 2.05. The number of imidazole rings is 1. The van der Waals surface area contributed by atoms with Gasteiger partial charge in [-0.15, -0.1) is 0 Å². The van der Waals surface area contributed by atoms with Gasteiger partial charge in [0.2, 0.25) is 0 Å². The molecule has 0 saturated heterocycles. The van der Waals surface area contributed by atoms with Crippen molar-refractivity contribution in [2.24, 2.45) is 0 Å². The SMILES string of the molecule is CC(=O)c1ncc(-c2ccncc2)[nH]1. The van der Waals surface area contributed by atoms with Crippen LogP contribution in [0.2, 0.25) is 0 Å². The van der Waals surface area contributed by atoms with Crippen LogP contribution in [0.4, 0.5) is 0 Å². The fourth-order valence-corrected chi connectivity index (χ4v) is 1.18. The van der Waals surface area contributed by atoms with E-state index in [1.807, 2.05) is 12.1 Å². The zero-order valence-electron chi connectivity index (χ0n) is 7.69. The number of hydrogen-bond donors (Lipinski definition) is 1. The van der Waals surface area contributed by atoms with E-state index in [2.05, 4.69) is 15.0 Å². The fraction of sp³-hybridized carbons (Fsp3) is 0.100. The van der Waals surface area contributed by atoms with Crippen molar-refractivity contribution in [3.8, 4) is 11.3 Å². The minimum absolute atomic E-state index is 0.0645. The molecule has 2 aromatic rings. The first-order valence-electron chi connectivity index (χ1n) is 4.24. The van der Waals surface area contributed by atoms with Crippen LogP contribution in [0.5, 0.6) is 0 Å². The Bertz CT molecular complexity index is 447. The average Bonchev–Trinajstić information content (AvgIpc) is 2.68. The second kappa shape index (κ2) is 3.41. The third-order valence-corrected chi connectivity index (χ3v) is 1.90. The Morgan fingerprint density at radius 1 is 1.36 bits per heavy atom. The molecule has 0 aliphatic rings. The van der Waals surface area contributed by atoms with Crippen molar-refractivity contribution < 1.29 is 4.79 Å². The molecule has 1 N–H and O–H groups in total. The van der Waals surface area contributed by atoms with Gasteiger partial charge < -0.3 is 4.98 Å². The molecule has 0 amide bonds. The van der Waals surface area contributed by atoms with Crippen LogP contribution in [0.15, 0.2) is 30.7 Å². The molecular formula is C10H9N3O. The van der Waals surface area contributed by atoms with E-state index in [0.717, 1.165) is 11.3 Å². The molecule has 4 nitrogen and oxygen atoms in total. The molecule has 0 atom stereocenters. The van der Waals surface area contributed by atoms with Crippen molar-refractivity contribution in [1.29, 1.82) is 0 Å². The van der Waals surface area contributed by atoms with E-state index >= 15 is 0 Å². The molecule has 0 spiro atoms. The van der Waals surface area contributed by atoms with Crippen LogP contribution in [0, 0.1) is 0 Å². The van der Waals surface area contributed by atoms with Gasteiger partial charge in [-0.1, -0.05) is 0 Å². The largest absolute Gasteiger partial charge is 0.336 e. The van der Waals surface area contributed by atoms with Crippen LogP contribution in [0.1, 0.15) is 17.5 Å². The molecule has 14 heavy (non-hydrogen) atoms. The first-order valence-corrected chi connectivity index (χ1v) is 4.24. The standard InChI is InChI=1S/C10H9N3O/c1-7(14)10-12-6-9(13-10)8-2-4-11-5-3-8/h2-6H,1H3,(H,12,13). The van der Waals surface area contributed by atoms with Gasteiger partial charge in [0.15, 0.2) is 11.6 Å². The molecule has 2 heterocycles. The Morgan fingerprint density at radius 2 is 2.07 bits per heavy atom. The van der Waals surface area contributed by atoms with Gasteiger partial charge in [0.1, 0.15) is 0 Å². The Kier molecular flexibility index (Phi) is 2.10. The number of aromatic nitrogens is 3. The molecule has 4 heteroatoms. The summed E-state index contributed by atoms with van der Waals surface area (Å²) in [6.45, 7) is 1.48. The van der Waals surface area contributed by atoms with E-state index < -0.39 is 0 Å². The normalized spacial score (nSPS) is 10.1. The zero-order valence-corrected chi connectivity index (χ0v) is 7.69. The quantitative estimate of drug-likeness (QED) is 0.727. The van der Waals surface area contributed by atoms with Gasteiger partial charge >= 0.3 is 0 Å². The first kappa shape index (κ1) is 8.62. The summed E-state index contributed by atoms with van der Waals surface area (Å²) in [6, 6.07) is 3.72. The van der Waals surface area contributed by atoms with Gasteiger partial charge in [-0.25, -0.2) is 4.98 Å². The number of hydrogen-bond acceptors (Lipinski definition) is 3. The van der Waals surface area contributed by atoms with Crippen molar-refractivity contribution in [2.45, 2.75) is 6.92 Å². The molecule has 0 bridgehead atoms. The van der Waals surface area contributed by atoms with Gasteiger partial charge in [-0.05, 0) is 12.1 Å². The second-order valence-corrected chi connectivity index (χ2v) is 2.94. The van der Waals surface area contributed by atoms with Crippen molar-refractivity contribution in [1.82, 2.24) is 15.0 Å². The van der Waals surface area contributed by atoms with Crippen molar-refractivity contribution in [2.75, 3.05) is 0 Å². The summed E-state index contributed by atoms with van der Waals surface area (Å²) in [5.74, 6) is 0.321. The van der Waals surface area contributed by atoms with Crippen LogP contribution in [0.25, 0.3) is 11.3 Å². The number of carbonyl (C=O) groups excluding carboxylic acids is 1. The summed E-state index contributed by atoms with van der Waals surface area (Å²) < 4.78 is 0. The summed E-state index contributed by atoms with van der Waals surface area (Å²) in [7, 11) is 0. The predicted octanol–water partition coefficient (Wildman–Crippen LogP) is 1.67. The first-order chi connectivity index (χ1) is 6.77. The Hall–Kier alpha value is -1.97. The molecule has 0 aliphatic carbocycles. The molecular weight excluding hydrogens is 178 g/mol. The van der Waals surface area contributed by atoms with Crippen LogP contribution in [-0.4, -0.2) is 20.7 Å². The maximum absolute atomic E-state index is 11.0. The summed E-state index contributed by atoms with van der Waals surface area (Å²) in [5, 5.41) is 0. The van der Waals surface area contributed by atoms with E-state index in [0.29, 0.717) is 5.82 Å². The van der Waals surface area contributed by atoms with Crippen LogP contribution in [0.3, 0.4) is 0 Å². The second-order valence-electron chi connectivity index (χ2n) is 2.94. The van der Waals surface area contributed by atoms with Crippen molar-refractivity contribution >= 4 is 5.78 Å². The highest BCUT2D eigenvalue weighted by Crippen LogP contribution is 2.15. The molecule has 70 valence electrons. The van der Waals surface area contributed by atoms with Gasteiger partial charge in [0.05, 0.1) is 11.9 Å². The highest BCUT2D eigenvalue weighted by atomic mass is 16.1. The van der Waals surface area contributed by atoms with Crippen LogP contribution < -0.4 is 0 Å². The average molecular weight is 187 g/mol. The number of H-pyrrole nitrogens is 1. The number of Topliss-reactive ketones (excluding diaryl/α,β-unsaturated/α-hetero) is 1. The summed E-state index contributed by atoms with van der Waals surface area (Å²) >= 11 is 0. The molecule has 0 radical (unpaired) electrons. The van der Waals surface area contributed by atoms with Crippen LogP contribution in [-0.2, 0) is 0 Å². The summed E-state index contributed by atoms with van der Waals surface area (Å²) in [5.41, 5.74) is 1.80. The number of rotatable bonds is 2. The maximum atomic E-state index is 11.0. The Balaban J connectivity index is 2.39. The lowest BCUT2D eigenvalue weighted by atomic mass is 10.2. The topological polar surface area (TPSA) is 58.6 Å². The minimum atomic E-state index is -0.0645. The van der Waals surface area contributed by atoms with Crippen LogP contribution >= 0.6 is 0 Å². The third kappa shape index (κ3) is 1.54. The van der Waals surface area contributed by atoms with Gasteiger partial charge in [-0.3, -0.25) is 9.78 Å². The minimum Gasteiger partial charge on any atom is -0.336 e. The molecule has 0 unspecified atom stereocenters. The van der Waals surface area contributed by atoms with E-state index in [-0.39, 0.29) is 5.78 Å². The molecule has 0 fully saturated rings. The fourth-order valence-electron chi connectivity index (χ4n) is 1.18. The number of aromatic amines is 1. The van der Waals surface area contributed by atoms with E-state index in [9.17, 15) is 4.79 Å². The number of pyridine rings is 1. The maximum Gasteiger partial charge on any atom is 0.194 e. The number of nitrogens with one attached hydrogen (secondary N) is 1. The molecule has 2 aromatic heterocycles. The lowest BCUT2D eigenvalue weighted by molar-refractivity contribution is 0.100. The van der Waals surface area contributed by atoms with Gasteiger partial charge in [-0.2, -0.15) is 0 Å². The zero-order chi connectivity index (χ0) is 9.97. The molecule has 0 aliphatic heterocycles. The van der Waals surface area contributed by atoms with E-state index in [1.54, 1.807) is 18.6 Å². The van der Waals surface area contributed by atoms with E-state index in [1.165, 1.54) is 6.92 Å². The van der Waals surface area contributed by atoms with E-state index in [4.69, 9.17) is 0 Å². The number of ketones is 1. The lowest BCUT2D eigenvalue weighted by Crippen LogP contribution is -1.93. The highest BCUT2D eigenvalue weighted by molar-refractivity contribution is 5.90.